The Bertz CT molecular complexity index is 4820. The lowest BCUT2D eigenvalue weighted by Crippen LogP contribution is -1.99. The number of fused-ring (bicyclic) bond motifs is 3. The molecule has 18 nitrogen and oxygen atoms in total. The number of aromatic nitrogens is 15. The molecule has 0 saturated heterocycles. The van der Waals surface area contributed by atoms with Gasteiger partial charge in [0.1, 0.15) is 37.1 Å². The largest absolute Gasteiger partial charge is 0.487 e. The molecule has 0 aliphatic carbocycles. The molecule has 0 unspecified atom stereocenters. The molecular weight excluding hydrogens is 1160 g/mol. The van der Waals surface area contributed by atoms with Crippen molar-refractivity contribution in [1.29, 1.82) is 0 Å². The second-order valence-corrected chi connectivity index (χ2v) is 22.0. The summed E-state index contributed by atoms with van der Waals surface area (Å²) in [5.74, 6) is 4.40. The minimum Gasteiger partial charge on any atom is -0.487 e. The van der Waals surface area contributed by atoms with Gasteiger partial charge in [0.2, 0.25) is 17.5 Å². The number of pyridine rings is 3. The van der Waals surface area contributed by atoms with Gasteiger partial charge in [-0.2, -0.15) is 15.6 Å². The molecule has 93 heavy (non-hydrogen) atoms. The average Bonchev–Trinajstić information content (AvgIpc) is 2.96. The Labute approximate surface area is 536 Å². The van der Waals surface area contributed by atoms with E-state index in [-0.39, 0.29) is 0 Å². The first kappa shape index (κ1) is 59.8. The highest BCUT2D eigenvalue weighted by Gasteiger charge is 2.11. The molecule has 0 bridgehead atoms. The molecular formula is C75H63N15O3. The summed E-state index contributed by atoms with van der Waals surface area (Å²) in [4.78, 5) is 14.0. The molecule has 0 atom stereocenters. The summed E-state index contributed by atoms with van der Waals surface area (Å²) in [6.45, 7) is 1.35. The zero-order valence-electron chi connectivity index (χ0n) is 50.7. The number of nitrogens with zero attached hydrogens (tertiary/aromatic N) is 12. The van der Waals surface area contributed by atoms with E-state index in [9.17, 15) is 0 Å². The molecule has 0 aliphatic heterocycles. The number of hydrogen-bond acceptors (Lipinski definition) is 15. The van der Waals surface area contributed by atoms with E-state index in [4.69, 9.17) is 14.2 Å². The Hall–Kier alpha value is -12.2. The van der Waals surface area contributed by atoms with E-state index in [0.717, 1.165) is 122 Å². The van der Waals surface area contributed by atoms with Crippen LogP contribution in [0, 0.1) is 0 Å². The highest BCUT2D eigenvalue weighted by Crippen LogP contribution is 2.25. The van der Waals surface area contributed by atoms with Crippen LogP contribution in [0.15, 0.2) is 255 Å². The van der Waals surface area contributed by atoms with Crippen molar-refractivity contribution in [3.05, 3.63) is 305 Å². The molecule has 6 aromatic heterocycles. The molecule has 3 N–H and O–H groups in total. The summed E-state index contributed by atoms with van der Waals surface area (Å²) in [6, 6.07) is 86.1. The Balaban J connectivity index is 0.000000127. The molecule has 0 radical (unpaired) electrons. The van der Waals surface area contributed by atoms with Gasteiger partial charge in [0.25, 0.3) is 0 Å². The highest BCUT2D eigenvalue weighted by atomic mass is 16.5. The van der Waals surface area contributed by atoms with E-state index in [0.29, 0.717) is 37.3 Å². The van der Waals surface area contributed by atoms with Crippen LogP contribution in [0.2, 0.25) is 0 Å². The number of tetrazole rings is 3. The summed E-state index contributed by atoms with van der Waals surface area (Å²) >= 11 is 0. The Kier molecular flexibility index (Phi) is 19.2. The van der Waals surface area contributed by atoms with E-state index >= 15 is 0 Å². The molecule has 0 spiro atoms. The predicted octanol–water partition coefficient (Wildman–Crippen LogP) is 14.3. The van der Waals surface area contributed by atoms with Gasteiger partial charge in [-0.25, -0.2) is 15.0 Å². The number of benzene rings is 9. The quantitative estimate of drug-likeness (QED) is 0.0607. The second-order valence-electron chi connectivity index (χ2n) is 22.0. The first-order valence-electron chi connectivity index (χ1n) is 30.7. The Morgan fingerprint density at radius 3 is 1.19 bits per heavy atom. The summed E-state index contributed by atoms with van der Waals surface area (Å²) in [5, 5.41) is 46.1. The third-order valence-corrected chi connectivity index (χ3v) is 15.7. The minimum atomic E-state index is 0.447. The monoisotopic (exact) mass is 1220 g/mol. The van der Waals surface area contributed by atoms with Gasteiger partial charge in [0.05, 0.1) is 33.6 Å². The van der Waals surface area contributed by atoms with Gasteiger partial charge in [-0.15, -0.1) is 30.6 Å². The fourth-order valence-corrected chi connectivity index (χ4v) is 10.7. The molecule has 18 heteroatoms. The van der Waals surface area contributed by atoms with Crippen molar-refractivity contribution in [2.75, 3.05) is 0 Å². The molecule has 0 aliphatic rings. The number of para-hydroxylation sites is 3. The number of hydrogen-bond donors (Lipinski definition) is 3. The maximum absolute atomic E-state index is 6.01. The minimum absolute atomic E-state index is 0.447. The van der Waals surface area contributed by atoms with Crippen LogP contribution in [0.1, 0.15) is 50.5 Å². The highest BCUT2D eigenvalue weighted by molar-refractivity contribution is 5.80. The van der Waals surface area contributed by atoms with Crippen LogP contribution in [0.4, 0.5) is 0 Å². The van der Waals surface area contributed by atoms with Crippen molar-refractivity contribution in [3.63, 3.8) is 0 Å². The normalized spacial score (nSPS) is 11.0. The van der Waals surface area contributed by atoms with Crippen LogP contribution in [-0.2, 0) is 58.3 Å². The lowest BCUT2D eigenvalue weighted by Gasteiger charge is -2.09. The summed E-state index contributed by atoms with van der Waals surface area (Å²) in [7, 11) is 0. The summed E-state index contributed by atoms with van der Waals surface area (Å²) < 4.78 is 17.9. The van der Waals surface area contributed by atoms with Crippen molar-refractivity contribution < 1.29 is 14.2 Å². The van der Waals surface area contributed by atoms with Gasteiger partial charge in [0, 0.05) is 32.8 Å². The fourth-order valence-electron chi connectivity index (χ4n) is 10.7. The van der Waals surface area contributed by atoms with Gasteiger partial charge in [-0.1, -0.05) is 176 Å². The predicted molar refractivity (Wildman–Crippen MR) is 359 cm³/mol. The topological polar surface area (TPSA) is 230 Å². The maximum Gasteiger partial charge on any atom is 0.204 e. The second kappa shape index (κ2) is 29.9. The third-order valence-electron chi connectivity index (χ3n) is 15.7. The molecule has 15 aromatic rings. The van der Waals surface area contributed by atoms with E-state index in [1.165, 1.54) is 33.4 Å². The molecule has 9 aromatic carbocycles. The first-order chi connectivity index (χ1) is 46.0. The van der Waals surface area contributed by atoms with E-state index < -0.39 is 0 Å². The van der Waals surface area contributed by atoms with Crippen molar-refractivity contribution in [2.24, 2.45) is 0 Å². The lowest BCUT2D eigenvalue weighted by molar-refractivity contribution is 0.301. The maximum atomic E-state index is 6.01. The molecule has 0 fully saturated rings. The van der Waals surface area contributed by atoms with Crippen molar-refractivity contribution >= 4 is 32.7 Å². The Morgan fingerprint density at radius 2 is 0.688 bits per heavy atom. The molecule has 15 rings (SSSR count). The van der Waals surface area contributed by atoms with Crippen molar-refractivity contribution in [3.8, 4) is 51.4 Å². The fraction of sp³-hybridized carbons (Fsp3) is 0.120. The van der Waals surface area contributed by atoms with Crippen LogP contribution in [-0.4, -0.2) is 76.8 Å². The molecule has 0 amide bonds. The number of aromatic amines is 3. The SMILES string of the molecule is c1cc(CCc2ccc(-c3nn[nH]n3)cc2)cc(OCc2ccc3ccccc3n2)c1.c1cc(CCc2ccc(OCc3ccc4ccccc4n3)cc2)cc(-c2nn[nH]n2)c1.c1ccc(-c2nn[nH]n2)c(CCc2ccc(OCc3ccc4ccccc4n3)cc2)c1. The smallest absolute Gasteiger partial charge is 0.204 e. The van der Waals surface area contributed by atoms with Gasteiger partial charge < -0.3 is 14.2 Å². The molecule has 0 saturated carbocycles. The van der Waals surface area contributed by atoms with Crippen LogP contribution >= 0.6 is 0 Å². The van der Waals surface area contributed by atoms with Crippen LogP contribution in [0.25, 0.3) is 66.9 Å². The van der Waals surface area contributed by atoms with Gasteiger partial charge >= 0.3 is 0 Å². The van der Waals surface area contributed by atoms with Crippen molar-refractivity contribution in [1.82, 2.24) is 76.8 Å². The van der Waals surface area contributed by atoms with Gasteiger partial charge in [-0.3, -0.25) is 0 Å². The first-order valence-corrected chi connectivity index (χ1v) is 30.7. The number of aryl methyl sites for hydroxylation is 6. The number of rotatable bonds is 21. The molecule has 6 heterocycles. The Morgan fingerprint density at radius 1 is 0.280 bits per heavy atom. The van der Waals surface area contributed by atoms with Gasteiger partial charge in [-0.05, 0) is 166 Å². The number of nitrogens with one attached hydrogen (secondary N) is 3. The molecule has 456 valence electrons. The number of H-pyrrole nitrogens is 3. The summed E-state index contributed by atoms with van der Waals surface area (Å²) in [6.07, 6.45) is 5.58. The zero-order valence-corrected chi connectivity index (χ0v) is 50.7. The lowest BCUT2D eigenvalue weighted by atomic mass is 9.99. The van der Waals surface area contributed by atoms with Gasteiger partial charge in [0.15, 0.2) is 0 Å². The van der Waals surface area contributed by atoms with E-state index in [2.05, 4.69) is 180 Å². The summed E-state index contributed by atoms with van der Waals surface area (Å²) in [5.41, 5.74) is 16.1. The van der Waals surface area contributed by atoms with Crippen LogP contribution < -0.4 is 14.2 Å². The standard InChI is InChI=1S/3C25H21N5O/c1-3-7-23(25-27-29-30-28-25)19(5-1)12-9-18-10-15-22(16-11-18)31-17-21-14-13-20-6-2-4-8-24(20)26-21;1-2-7-24-20(5-1)12-13-22(26-24)17-31-23-14-10-18(11-15-23)8-9-19-4-3-6-21(16-19)25-27-29-30-28-25;1-2-7-24-20(5-1)14-15-22(26-24)17-31-23-6-3-4-19(16-23)9-8-18-10-12-21(13-11-18)25-27-29-30-28-25/h1-8,10-11,13-16H,9,12,17H2,(H,27,28,29,30);2*1-7,10-16H,8-9,17H2,(H,27,28,29,30). The zero-order chi connectivity index (χ0) is 62.6. The van der Waals surface area contributed by atoms with Crippen LogP contribution in [0.3, 0.4) is 0 Å². The van der Waals surface area contributed by atoms with Crippen LogP contribution in [0.5, 0.6) is 17.2 Å². The van der Waals surface area contributed by atoms with E-state index in [1.54, 1.807) is 0 Å². The third kappa shape index (κ3) is 16.4. The van der Waals surface area contributed by atoms with E-state index in [1.807, 2.05) is 152 Å². The van der Waals surface area contributed by atoms with Crippen molar-refractivity contribution in [2.45, 2.75) is 58.3 Å². The number of ether oxygens (including phenoxy) is 3. The average molecular weight is 1220 g/mol.